The molecule has 3 heteroatoms. The van der Waals surface area contributed by atoms with Crippen molar-refractivity contribution in [1.29, 1.82) is 0 Å². The number of likely N-dealkylation sites (tertiary alicyclic amines) is 1. The monoisotopic (exact) mass is 259 g/mol. The number of para-hydroxylation sites is 1. The van der Waals surface area contributed by atoms with Gasteiger partial charge in [0.1, 0.15) is 0 Å². The number of nitrogens with one attached hydrogen (secondary N) is 1. The van der Waals surface area contributed by atoms with Crippen molar-refractivity contribution in [3.63, 3.8) is 0 Å². The molecule has 1 aromatic carbocycles. The van der Waals surface area contributed by atoms with Gasteiger partial charge < -0.3 is 11.1 Å². The lowest BCUT2D eigenvalue weighted by Crippen LogP contribution is -2.34. The summed E-state index contributed by atoms with van der Waals surface area (Å²) in [4.78, 5) is 2.66. The predicted octanol–water partition coefficient (Wildman–Crippen LogP) is 2.03. The molecule has 2 fully saturated rings. The summed E-state index contributed by atoms with van der Waals surface area (Å²) in [5.74, 6) is 0. The van der Waals surface area contributed by atoms with Gasteiger partial charge in [0.15, 0.2) is 0 Å². The van der Waals surface area contributed by atoms with E-state index in [1.807, 2.05) is 12.1 Å². The van der Waals surface area contributed by atoms with Crippen LogP contribution in [0.25, 0.3) is 0 Å². The Morgan fingerprint density at radius 3 is 2.84 bits per heavy atom. The Hall–Kier alpha value is -1.06. The highest BCUT2D eigenvalue weighted by Crippen LogP contribution is 2.29. The summed E-state index contributed by atoms with van der Waals surface area (Å²) >= 11 is 0. The van der Waals surface area contributed by atoms with Crippen molar-refractivity contribution in [2.45, 2.75) is 44.2 Å². The standard InChI is InChI=1S/C16H25N3/c17-16-6-2-1-4-13(16)5-3-10-18-14-9-11-19(12-14)15-7-8-15/h1-2,4,6,14-15,18H,3,5,7-12,17H2. The Morgan fingerprint density at radius 2 is 2.05 bits per heavy atom. The second-order valence-electron chi connectivity index (χ2n) is 5.97. The van der Waals surface area contributed by atoms with Crippen LogP contribution >= 0.6 is 0 Å². The molecule has 3 N–H and O–H groups in total. The second kappa shape index (κ2) is 5.93. The van der Waals surface area contributed by atoms with Crippen molar-refractivity contribution in [2.75, 3.05) is 25.4 Å². The minimum absolute atomic E-state index is 0.716. The van der Waals surface area contributed by atoms with E-state index in [9.17, 15) is 0 Å². The Balaban J connectivity index is 1.34. The molecule has 1 aromatic rings. The molecule has 0 spiro atoms. The van der Waals surface area contributed by atoms with Crippen LogP contribution in [0.5, 0.6) is 0 Å². The summed E-state index contributed by atoms with van der Waals surface area (Å²) in [6.07, 6.45) is 6.44. The van der Waals surface area contributed by atoms with E-state index in [4.69, 9.17) is 5.73 Å². The number of nitrogens with two attached hydrogens (primary N) is 1. The lowest BCUT2D eigenvalue weighted by Gasteiger charge is -2.15. The van der Waals surface area contributed by atoms with Crippen LogP contribution in [0.15, 0.2) is 24.3 Å². The van der Waals surface area contributed by atoms with Gasteiger partial charge >= 0.3 is 0 Å². The molecule has 1 saturated carbocycles. The maximum Gasteiger partial charge on any atom is 0.0346 e. The molecule has 0 aromatic heterocycles. The van der Waals surface area contributed by atoms with Gasteiger partial charge in [-0.1, -0.05) is 18.2 Å². The Labute approximate surface area is 116 Å². The molecule has 0 radical (unpaired) electrons. The number of nitrogens with zero attached hydrogens (tertiary/aromatic N) is 1. The summed E-state index contributed by atoms with van der Waals surface area (Å²) in [6.45, 7) is 3.67. The van der Waals surface area contributed by atoms with Gasteiger partial charge in [-0.2, -0.15) is 0 Å². The van der Waals surface area contributed by atoms with Crippen LogP contribution in [0, 0.1) is 0 Å². The molecule has 1 saturated heterocycles. The Morgan fingerprint density at radius 1 is 1.21 bits per heavy atom. The first-order chi connectivity index (χ1) is 9.33. The van der Waals surface area contributed by atoms with Crippen LogP contribution in [0.2, 0.25) is 0 Å². The fourth-order valence-electron chi connectivity index (χ4n) is 3.07. The topological polar surface area (TPSA) is 41.3 Å². The van der Waals surface area contributed by atoms with E-state index in [0.717, 1.165) is 24.7 Å². The summed E-state index contributed by atoms with van der Waals surface area (Å²) in [5.41, 5.74) is 8.18. The highest BCUT2D eigenvalue weighted by Gasteiger charge is 2.33. The van der Waals surface area contributed by atoms with Crippen molar-refractivity contribution in [3.05, 3.63) is 29.8 Å². The number of anilines is 1. The number of hydrogen-bond donors (Lipinski definition) is 2. The summed E-state index contributed by atoms with van der Waals surface area (Å²) in [6, 6.07) is 9.85. The van der Waals surface area contributed by atoms with Gasteiger partial charge in [-0.25, -0.2) is 0 Å². The molecule has 2 aliphatic rings. The zero-order valence-corrected chi connectivity index (χ0v) is 11.6. The number of aryl methyl sites for hydroxylation is 1. The fourth-order valence-corrected chi connectivity index (χ4v) is 3.07. The van der Waals surface area contributed by atoms with E-state index < -0.39 is 0 Å². The van der Waals surface area contributed by atoms with E-state index in [0.29, 0.717) is 6.04 Å². The average Bonchev–Trinajstić information content (AvgIpc) is 3.17. The quantitative estimate of drug-likeness (QED) is 0.607. The van der Waals surface area contributed by atoms with Gasteiger partial charge in [-0.05, 0) is 50.3 Å². The smallest absolute Gasteiger partial charge is 0.0346 e. The molecule has 3 rings (SSSR count). The molecule has 104 valence electrons. The van der Waals surface area contributed by atoms with Crippen LogP contribution < -0.4 is 11.1 Å². The fraction of sp³-hybridized carbons (Fsp3) is 0.625. The third kappa shape index (κ3) is 3.48. The number of hydrogen-bond acceptors (Lipinski definition) is 3. The van der Waals surface area contributed by atoms with E-state index in [1.165, 1.54) is 44.3 Å². The summed E-state index contributed by atoms with van der Waals surface area (Å²) in [7, 11) is 0. The number of benzene rings is 1. The molecular weight excluding hydrogens is 234 g/mol. The molecule has 1 unspecified atom stereocenters. The lowest BCUT2D eigenvalue weighted by atomic mass is 10.1. The first kappa shape index (κ1) is 12.9. The number of nitrogen functional groups attached to an aromatic ring is 1. The molecule has 1 aliphatic heterocycles. The number of rotatable bonds is 6. The van der Waals surface area contributed by atoms with Crippen molar-refractivity contribution >= 4 is 5.69 Å². The third-order valence-electron chi connectivity index (χ3n) is 4.39. The van der Waals surface area contributed by atoms with Gasteiger partial charge in [-0.3, -0.25) is 4.90 Å². The Bertz CT molecular complexity index is 414. The molecule has 0 bridgehead atoms. The second-order valence-corrected chi connectivity index (χ2v) is 5.97. The van der Waals surface area contributed by atoms with Crippen molar-refractivity contribution in [2.24, 2.45) is 0 Å². The van der Waals surface area contributed by atoms with Gasteiger partial charge in [0.25, 0.3) is 0 Å². The molecule has 1 aliphatic carbocycles. The van der Waals surface area contributed by atoms with Gasteiger partial charge in [-0.15, -0.1) is 0 Å². The maximum atomic E-state index is 5.96. The predicted molar refractivity (Wildman–Crippen MR) is 80.2 cm³/mol. The van der Waals surface area contributed by atoms with Crippen LogP contribution in [0.3, 0.4) is 0 Å². The van der Waals surface area contributed by atoms with Gasteiger partial charge in [0.05, 0.1) is 0 Å². The normalized spacial score (nSPS) is 23.9. The molecule has 1 atom stereocenters. The summed E-state index contributed by atoms with van der Waals surface area (Å²) < 4.78 is 0. The zero-order valence-electron chi connectivity index (χ0n) is 11.6. The maximum absolute atomic E-state index is 5.96. The van der Waals surface area contributed by atoms with E-state index >= 15 is 0 Å². The lowest BCUT2D eigenvalue weighted by molar-refractivity contribution is 0.317. The van der Waals surface area contributed by atoms with Crippen molar-refractivity contribution < 1.29 is 0 Å². The molecule has 3 nitrogen and oxygen atoms in total. The van der Waals surface area contributed by atoms with Gasteiger partial charge in [0, 0.05) is 30.9 Å². The van der Waals surface area contributed by atoms with Crippen molar-refractivity contribution in [1.82, 2.24) is 10.2 Å². The minimum atomic E-state index is 0.716. The SMILES string of the molecule is Nc1ccccc1CCCNC1CCN(C2CC2)C1. The molecule has 19 heavy (non-hydrogen) atoms. The van der Waals surface area contributed by atoms with Crippen molar-refractivity contribution in [3.8, 4) is 0 Å². The first-order valence-electron chi connectivity index (χ1n) is 7.64. The molecule has 0 amide bonds. The van der Waals surface area contributed by atoms with Crippen LogP contribution in [-0.2, 0) is 6.42 Å². The Kier molecular flexibility index (Phi) is 4.04. The first-order valence-corrected chi connectivity index (χ1v) is 7.64. The van der Waals surface area contributed by atoms with E-state index in [1.54, 1.807) is 0 Å². The highest BCUT2D eigenvalue weighted by atomic mass is 15.2. The summed E-state index contributed by atoms with van der Waals surface area (Å²) in [5, 5.41) is 3.70. The molecular formula is C16H25N3. The third-order valence-corrected chi connectivity index (χ3v) is 4.39. The molecule has 1 heterocycles. The average molecular weight is 259 g/mol. The largest absolute Gasteiger partial charge is 0.399 e. The van der Waals surface area contributed by atoms with Crippen LogP contribution in [0.4, 0.5) is 5.69 Å². The van der Waals surface area contributed by atoms with E-state index in [2.05, 4.69) is 22.3 Å². The van der Waals surface area contributed by atoms with Crippen LogP contribution in [0.1, 0.15) is 31.2 Å². The highest BCUT2D eigenvalue weighted by molar-refractivity contribution is 5.46. The zero-order chi connectivity index (χ0) is 13.1. The van der Waals surface area contributed by atoms with Gasteiger partial charge in [0.2, 0.25) is 0 Å². The van der Waals surface area contributed by atoms with Crippen LogP contribution in [-0.4, -0.2) is 36.6 Å². The minimum Gasteiger partial charge on any atom is -0.399 e. The van der Waals surface area contributed by atoms with E-state index in [-0.39, 0.29) is 0 Å².